The van der Waals surface area contributed by atoms with Gasteiger partial charge in [-0.1, -0.05) is 44.4 Å². The summed E-state index contributed by atoms with van der Waals surface area (Å²) in [5.74, 6) is 1.07. The van der Waals surface area contributed by atoms with E-state index in [9.17, 15) is 4.79 Å². The van der Waals surface area contributed by atoms with E-state index >= 15 is 0 Å². The topological polar surface area (TPSA) is 32.3 Å². The van der Waals surface area contributed by atoms with Crippen LogP contribution in [0.4, 0.5) is 5.69 Å². The van der Waals surface area contributed by atoms with Crippen molar-refractivity contribution in [3.63, 3.8) is 0 Å². The Morgan fingerprint density at radius 3 is 2.90 bits per heavy atom. The smallest absolute Gasteiger partial charge is 0.228 e. The average molecular weight is 286 g/mol. The Kier molecular flexibility index (Phi) is 4.29. The first-order valence-electron chi connectivity index (χ1n) is 8.30. The molecule has 0 aromatic heterocycles. The summed E-state index contributed by atoms with van der Waals surface area (Å²) in [4.78, 5) is 14.0. The lowest BCUT2D eigenvalue weighted by Crippen LogP contribution is -2.42. The Morgan fingerprint density at radius 2 is 2.10 bits per heavy atom. The van der Waals surface area contributed by atoms with Gasteiger partial charge in [0.25, 0.3) is 0 Å². The van der Waals surface area contributed by atoms with Gasteiger partial charge in [0.1, 0.15) is 0 Å². The van der Waals surface area contributed by atoms with Gasteiger partial charge < -0.3 is 10.2 Å². The SMILES string of the molecule is CCC1CCCC(NC2CC(=O)N(C)c3ccccc32)C1. The van der Waals surface area contributed by atoms with Crippen molar-refractivity contribution in [2.45, 2.75) is 57.5 Å². The molecule has 3 atom stereocenters. The zero-order chi connectivity index (χ0) is 14.8. The van der Waals surface area contributed by atoms with E-state index in [1.54, 1.807) is 4.90 Å². The van der Waals surface area contributed by atoms with Gasteiger partial charge in [-0.25, -0.2) is 0 Å². The second-order valence-electron chi connectivity index (χ2n) is 6.57. The zero-order valence-corrected chi connectivity index (χ0v) is 13.1. The number of fused-ring (bicyclic) bond motifs is 1. The Bertz CT molecular complexity index is 514. The van der Waals surface area contributed by atoms with Crippen molar-refractivity contribution in [1.29, 1.82) is 0 Å². The molecule has 3 nitrogen and oxygen atoms in total. The minimum Gasteiger partial charge on any atom is -0.315 e. The monoisotopic (exact) mass is 286 g/mol. The molecule has 1 aliphatic carbocycles. The third-order valence-electron chi connectivity index (χ3n) is 5.22. The zero-order valence-electron chi connectivity index (χ0n) is 13.1. The minimum absolute atomic E-state index is 0.186. The number of nitrogens with zero attached hydrogens (tertiary/aromatic N) is 1. The number of carbonyl (C=O) groups is 1. The molecule has 1 aromatic carbocycles. The van der Waals surface area contributed by atoms with Crippen molar-refractivity contribution in [2.75, 3.05) is 11.9 Å². The Hall–Kier alpha value is -1.35. The van der Waals surface area contributed by atoms with E-state index in [1.807, 2.05) is 13.1 Å². The maximum Gasteiger partial charge on any atom is 0.228 e. The number of para-hydroxylation sites is 1. The van der Waals surface area contributed by atoms with Gasteiger partial charge in [-0.3, -0.25) is 4.79 Å². The number of carbonyl (C=O) groups excluding carboxylic acids is 1. The van der Waals surface area contributed by atoms with E-state index in [4.69, 9.17) is 0 Å². The van der Waals surface area contributed by atoms with Crippen molar-refractivity contribution in [2.24, 2.45) is 5.92 Å². The molecule has 2 aliphatic rings. The fourth-order valence-electron chi connectivity index (χ4n) is 3.89. The molecule has 0 spiro atoms. The lowest BCUT2D eigenvalue weighted by molar-refractivity contribution is -0.119. The summed E-state index contributed by atoms with van der Waals surface area (Å²) in [6.45, 7) is 2.29. The summed E-state index contributed by atoms with van der Waals surface area (Å²) in [5.41, 5.74) is 2.34. The van der Waals surface area contributed by atoms with E-state index in [-0.39, 0.29) is 11.9 Å². The average Bonchev–Trinajstić information content (AvgIpc) is 2.52. The first-order chi connectivity index (χ1) is 10.2. The first kappa shape index (κ1) is 14.6. The molecular formula is C18H26N2O. The molecule has 0 saturated heterocycles. The lowest BCUT2D eigenvalue weighted by atomic mass is 9.83. The number of hydrogen-bond acceptors (Lipinski definition) is 2. The number of anilines is 1. The van der Waals surface area contributed by atoms with Crippen LogP contribution in [0.5, 0.6) is 0 Å². The number of benzene rings is 1. The van der Waals surface area contributed by atoms with Gasteiger partial charge >= 0.3 is 0 Å². The fraction of sp³-hybridized carbons (Fsp3) is 0.611. The summed E-state index contributed by atoms with van der Waals surface area (Å²) in [6.07, 6.45) is 7.07. The summed E-state index contributed by atoms with van der Waals surface area (Å²) in [6, 6.07) is 9.06. The van der Waals surface area contributed by atoms with Crippen LogP contribution in [0, 0.1) is 5.92 Å². The van der Waals surface area contributed by atoms with Gasteiger partial charge in [-0.15, -0.1) is 0 Å². The fourth-order valence-corrected chi connectivity index (χ4v) is 3.89. The van der Waals surface area contributed by atoms with Gasteiger partial charge in [0, 0.05) is 31.2 Å². The molecule has 3 heteroatoms. The standard InChI is InChI=1S/C18H26N2O/c1-3-13-7-6-8-14(11-13)19-16-12-18(21)20(2)17-10-5-4-9-15(16)17/h4-5,9-10,13-14,16,19H,3,6-8,11-12H2,1-2H3. The van der Waals surface area contributed by atoms with Gasteiger partial charge in [0.2, 0.25) is 5.91 Å². The molecule has 3 unspecified atom stereocenters. The normalized spacial score (nSPS) is 29.3. The van der Waals surface area contributed by atoms with Gasteiger partial charge in [0.05, 0.1) is 0 Å². The maximum absolute atomic E-state index is 12.2. The number of rotatable bonds is 3. The van der Waals surface area contributed by atoms with Crippen LogP contribution in [0.2, 0.25) is 0 Å². The molecule has 0 radical (unpaired) electrons. The third kappa shape index (κ3) is 2.98. The molecule has 114 valence electrons. The van der Waals surface area contributed by atoms with E-state index in [2.05, 4.69) is 30.4 Å². The van der Waals surface area contributed by atoms with E-state index in [1.165, 1.54) is 37.7 Å². The molecule has 1 N–H and O–H groups in total. The predicted octanol–water partition coefficient (Wildman–Crippen LogP) is 3.65. The van der Waals surface area contributed by atoms with Crippen molar-refractivity contribution < 1.29 is 4.79 Å². The van der Waals surface area contributed by atoms with Crippen LogP contribution >= 0.6 is 0 Å². The van der Waals surface area contributed by atoms with Gasteiger partial charge in [-0.2, -0.15) is 0 Å². The van der Waals surface area contributed by atoms with Crippen LogP contribution in [0.25, 0.3) is 0 Å². The molecule has 3 rings (SSSR count). The summed E-state index contributed by atoms with van der Waals surface area (Å²) in [5, 5.41) is 3.78. The molecule has 0 bridgehead atoms. The van der Waals surface area contributed by atoms with Crippen LogP contribution in [0.15, 0.2) is 24.3 Å². The van der Waals surface area contributed by atoms with Crippen molar-refractivity contribution in [3.8, 4) is 0 Å². The van der Waals surface area contributed by atoms with Gasteiger partial charge in [0.15, 0.2) is 0 Å². The summed E-state index contributed by atoms with van der Waals surface area (Å²) >= 11 is 0. The largest absolute Gasteiger partial charge is 0.315 e. The second-order valence-corrected chi connectivity index (χ2v) is 6.57. The van der Waals surface area contributed by atoms with E-state index in [0.29, 0.717) is 12.5 Å². The Labute approximate surface area is 127 Å². The molecule has 1 saturated carbocycles. The lowest BCUT2D eigenvalue weighted by Gasteiger charge is -2.37. The minimum atomic E-state index is 0.186. The first-order valence-corrected chi connectivity index (χ1v) is 8.30. The van der Waals surface area contributed by atoms with Crippen molar-refractivity contribution >= 4 is 11.6 Å². The molecule has 1 amide bonds. The van der Waals surface area contributed by atoms with Crippen molar-refractivity contribution in [1.82, 2.24) is 5.32 Å². The third-order valence-corrected chi connectivity index (χ3v) is 5.22. The second kappa shape index (κ2) is 6.18. The van der Waals surface area contributed by atoms with Crippen LogP contribution in [0.1, 0.15) is 57.1 Å². The molecule has 1 aliphatic heterocycles. The number of amides is 1. The van der Waals surface area contributed by atoms with Crippen LogP contribution in [-0.4, -0.2) is 19.0 Å². The molecule has 21 heavy (non-hydrogen) atoms. The highest BCUT2D eigenvalue weighted by atomic mass is 16.2. The molecule has 1 heterocycles. The number of hydrogen-bond donors (Lipinski definition) is 1. The summed E-state index contributed by atoms with van der Waals surface area (Å²) < 4.78 is 0. The van der Waals surface area contributed by atoms with Crippen LogP contribution < -0.4 is 10.2 Å². The molecule has 1 fully saturated rings. The van der Waals surface area contributed by atoms with Crippen LogP contribution in [-0.2, 0) is 4.79 Å². The predicted molar refractivity (Wildman–Crippen MR) is 86.4 cm³/mol. The Balaban J connectivity index is 1.76. The quantitative estimate of drug-likeness (QED) is 0.920. The van der Waals surface area contributed by atoms with Crippen molar-refractivity contribution in [3.05, 3.63) is 29.8 Å². The maximum atomic E-state index is 12.2. The molecular weight excluding hydrogens is 260 g/mol. The summed E-state index contributed by atoms with van der Waals surface area (Å²) in [7, 11) is 1.88. The van der Waals surface area contributed by atoms with E-state index < -0.39 is 0 Å². The highest BCUT2D eigenvalue weighted by Gasteiger charge is 2.31. The van der Waals surface area contributed by atoms with Crippen LogP contribution in [0.3, 0.4) is 0 Å². The number of nitrogens with one attached hydrogen (secondary N) is 1. The highest BCUT2D eigenvalue weighted by molar-refractivity contribution is 5.96. The highest BCUT2D eigenvalue weighted by Crippen LogP contribution is 2.35. The van der Waals surface area contributed by atoms with Gasteiger partial charge in [-0.05, 0) is 30.4 Å². The van der Waals surface area contributed by atoms with E-state index in [0.717, 1.165) is 11.6 Å². The Morgan fingerprint density at radius 1 is 1.29 bits per heavy atom. The molecule has 1 aromatic rings.